The van der Waals surface area contributed by atoms with E-state index >= 15 is 0 Å². The van der Waals surface area contributed by atoms with Crippen LogP contribution < -0.4 is 10.1 Å². The molecule has 0 saturated carbocycles. The van der Waals surface area contributed by atoms with Gasteiger partial charge in [0.15, 0.2) is 0 Å². The van der Waals surface area contributed by atoms with Gasteiger partial charge in [0.2, 0.25) is 0 Å². The summed E-state index contributed by atoms with van der Waals surface area (Å²) < 4.78 is 5.87. The van der Waals surface area contributed by atoms with Crippen LogP contribution in [0.5, 0.6) is 5.75 Å². The van der Waals surface area contributed by atoms with Crippen molar-refractivity contribution in [2.45, 2.75) is 25.0 Å². The van der Waals surface area contributed by atoms with Crippen molar-refractivity contribution in [3.63, 3.8) is 0 Å². The van der Waals surface area contributed by atoms with E-state index in [0.29, 0.717) is 24.5 Å². The van der Waals surface area contributed by atoms with Crippen LogP contribution in [0.3, 0.4) is 0 Å². The molecule has 1 aliphatic heterocycles. The summed E-state index contributed by atoms with van der Waals surface area (Å²) in [7, 11) is 0. The quantitative estimate of drug-likeness (QED) is 0.217. The molecule has 0 saturated heterocycles. The van der Waals surface area contributed by atoms with Gasteiger partial charge in [-0.2, -0.15) is 0 Å². The Balaban J connectivity index is 1.10. The largest absolute Gasteiger partial charge is 0.489 e. The van der Waals surface area contributed by atoms with Gasteiger partial charge in [0.25, 0.3) is 0 Å². The molecular weight excluding hydrogens is 464 g/mol. The van der Waals surface area contributed by atoms with Crippen LogP contribution >= 0.6 is 11.6 Å². The van der Waals surface area contributed by atoms with Crippen LogP contribution in [0.4, 0.5) is 11.4 Å². The number of hydrogen-bond acceptors (Lipinski definition) is 3. The molecule has 3 atom stereocenters. The molecular formula is C32H27ClN2O. The highest BCUT2D eigenvalue weighted by molar-refractivity contribution is 6.30. The molecule has 178 valence electrons. The first-order chi connectivity index (χ1) is 17.7. The molecule has 0 spiro atoms. The highest BCUT2D eigenvalue weighted by Gasteiger charge is 2.37. The van der Waals surface area contributed by atoms with Crippen LogP contribution in [-0.2, 0) is 6.61 Å². The molecule has 4 aromatic rings. The molecule has 4 heteroatoms. The summed E-state index contributed by atoms with van der Waals surface area (Å²) in [5.74, 6) is 1.87. The molecule has 0 radical (unpaired) electrons. The predicted octanol–water partition coefficient (Wildman–Crippen LogP) is 8.50. The van der Waals surface area contributed by atoms with Crippen molar-refractivity contribution >= 4 is 29.2 Å². The van der Waals surface area contributed by atoms with Crippen LogP contribution in [0.2, 0.25) is 5.02 Å². The minimum atomic E-state index is 0.304. The van der Waals surface area contributed by atoms with Crippen molar-refractivity contribution in [1.29, 1.82) is 0 Å². The molecule has 0 bridgehead atoms. The van der Waals surface area contributed by atoms with Crippen molar-refractivity contribution in [2.24, 2.45) is 10.9 Å². The van der Waals surface area contributed by atoms with E-state index < -0.39 is 0 Å². The first kappa shape index (κ1) is 22.6. The van der Waals surface area contributed by atoms with Gasteiger partial charge in [-0.05, 0) is 89.2 Å². The summed E-state index contributed by atoms with van der Waals surface area (Å²) in [6, 6.07) is 33.3. The van der Waals surface area contributed by atoms with E-state index in [1.165, 1.54) is 16.8 Å². The average Bonchev–Trinajstić information content (AvgIpc) is 3.43. The third-order valence-corrected chi connectivity index (χ3v) is 7.34. The molecule has 2 aliphatic rings. The summed E-state index contributed by atoms with van der Waals surface area (Å²) in [6.07, 6.45) is 7.71. The Hall–Kier alpha value is -3.82. The molecule has 1 N–H and O–H groups in total. The topological polar surface area (TPSA) is 33.6 Å². The van der Waals surface area contributed by atoms with Crippen molar-refractivity contribution in [3.05, 3.63) is 136 Å². The molecule has 4 aromatic carbocycles. The summed E-state index contributed by atoms with van der Waals surface area (Å²) in [6.45, 7) is 0.510. The van der Waals surface area contributed by atoms with E-state index in [9.17, 15) is 0 Å². The van der Waals surface area contributed by atoms with Crippen LogP contribution in [0.25, 0.3) is 0 Å². The van der Waals surface area contributed by atoms with Gasteiger partial charge < -0.3 is 10.1 Å². The first-order valence-electron chi connectivity index (χ1n) is 12.4. The van der Waals surface area contributed by atoms with Gasteiger partial charge in [-0.3, -0.25) is 4.99 Å². The number of nitrogens with one attached hydrogen (secondary N) is 1. The van der Waals surface area contributed by atoms with E-state index in [2.05, 4.69) is 71.0 Å². The van der Waals surface area contributed by atoms with Crippen molar-refractivity contribution in [2.75, 3.05) is 5.32 Å². The van der Waals surface area contributed by atoms with Crippen molar-refractivity contribution in [1.82, 2.24) is 0 Å². The molecule has 0 unspecified atom stereocenters. The number of allylic oxidation sites excluding steroid dienone is 2. The molecule has 3 nitrogen and oxygen atoms in total. The van der Waals surface area contributed by atoms with Gasteiger partial charge in [0, 0.05) is 22.8 Å². The molecule has 1 aliphatic carbocycles. The Morgan fingerprint density at radius 2 is 1.67 bits per heavy atom. The van der Waals surface area contributed by atoms with E-state index in [-0.39, 0.29) is 0 Å². The Morgan fingerprint density at radius 1 is 0.889 bits per heavy atom. The van der Waals surface area contributed by atoms with Gasteiger partial charge >= 0.3 is 0 Å². The molecule has 0 aromatic heterocycles. The zero-order chi connectivity index (χ0) is 24.3. The van der Waals surface area contributed by atoms with Gasteiger partial charge in [-0.25, -0.2) is 0 Å². The number of para-hydroxylation sites is 1. The number of aliphatic imine (C=N–C) groups is 1. The Morgan fingerprint density at radius 3 is 2.47 bits per heavy atom. The Bertz CT molecular complexity index is 1390. The van der Waals surface area contributed by atoms with E-state index in [1.54, 1.807) is 0 Å². The number of nitrogens with zero attached hydrogens (tertiary/aromatic N) is 1. The zero-order valence-electron chi connectivity index (χ0n) is 19.8. The van der Waals surface area contributed by atoms with Gasteiger partial charge in [-0.15, -0.1) is 0 Å². The van der Waals surface area contributed by atoms with E-state index in [1.807, 2.05) is 54.7 Å². The first-order valence-corrected chi connectivity index (χ1v) is 12.7. The summed E-state index contributed by atoms with van der Waals surface area (Å²) in [5.41, 5.74) is 7.03. The zero-order valence-corrected chi connectivity index (χ0v) is 20.6. The lowest BCUT2D eigenvalue weighted by Crippen LogP contribution is -2.28. The summed E-state index contributed by atoms with van der Waals surface area (Å²) in [4.78, 5) is 4.69. The smallest absolute Gasteiger partial charge is 0.119 e. The second kappa shape index (κ2) is 10.0. The molecule has 0 amide bonds. The minimum Gasteiger partial charge on any atom is -0.489 e. The lowest BCUT2D eigenvalue weighted by Gasteiger charge is -2.37. The SMILES string of the molecule is Clc1ccc(COc2ccc(C=Nc3ccc([C@@H]4Nc5ccccc5[C@@H]5C=CC[C@H]54)cc3)cc2)cc1. The maximum absolute atomic E-state index is 5.94. The monoisotopic (exact) mass is 490 g/mol. The highest BCUT2D eigenvalue weighted by atomic mass is 35.5. The summed E-state index contributed by atoms with van der Waals surface area (Å²) >= 11 is 5.94. The molecule has 0 fully saturated rings. The number of hydrogen-bond donors (Lipinski definition) is 1. The Labute approximate surface area is 217 Å². The maximum atomic E-state index is 5.94. The number of benzene rings is 4. The molecule has 1 heterocycles. The summed E-state index contributed by atoms with van der Waals surface area (Å²) in [5, 5.41) is 4.52. The number of halogens is 1. The van der Waals surface area contributed by atoms with Crippen LogP contribution in [0, 0.1) is 5.92 Å². The maximum Gasteiger partial charge on any atom is 0.119 e. The van der Waals surface area contributed by atoms with Crippen LogP contribution in [-0.4, -0.2) is 6.21 Å². The third kappa shape index (κ3) is 4.80. The van der Waals surface area contributed by atoms with Crippen LogP contribution in [0.1, 0.15) is 40.6 Å². The number of ether oxygens (including phenoxy) is 1. The van der Waals surface area contributed by atoms with E-state index in [4.69, 9.17) is 16.3 Å². The predicted molar refractivity (Wildman–Crippen MR) is 149 cm³/mol. The van der Waals surface area contributed by atoms with Crippen molar-refractivity contribution < 1.29 is 4.74 Å². The fourth-order valence-electron chi connectivity index (χ4n) is 5.19. The molecule has 36 heavy (non-hydrogen) atoms. The fraction of sp³-hybridized carbons (Fsp3) is 0.156. The standard InChI is InChI=1S/C32H27ClN2O/c33-25-14-8-23(9-15-25)21-36-27-18-10-22(11-19-27)20-34-26-16-12-24(13-17-26)32-30-6-3-5-28(30)29-4-1-2-7-31(29)35-32/h1-5,7-20,28,30,32,35H,6,21H2/t28-,30+,32-/m0/s1. The molecule has 6 rings (SSSR count). The van der Waals surface area contributed by atoms with Gasteiger partial charge in [-0.1, -0.05) is 66.2 Å². The van der Waals surface area contributed by atoms with Gasteiger partial charge in [0.05, 0.1) is 11.7 Å². The second-order valence-electron chi connectivity index (χ2n) is 9.40. The third-order valence-electron chi connectivity index (χ3n) is 7.09. The van der Waals surface area contributed by atoms with Crippen molar-refractivity contribution in [3.8, 4) is 5.75 Å². The fourth-order valence-corrected chi connectivity index (χ4v) is 5.31. The van der Waals surface area contributed by atoms with Crippen LogP contribution in [0.15, 0.2) is 114 Å². The lowest BCUT2D eigenvalue weighted by molar-refractivity contribution is 0.306. The number of anilines is 1. The van der Waals surface area contributed by atoms with E-state index in [0.717, 1.165) is 34.0 Å². The second-order valence-corrected chi connectivity index (χ2v) is 9.83. The Kier molecular flexibility index (Phi) is 6.31. The lowest BCUT2D eigenvalue weighted by atomic mass is 9.77. The minimum absolute atomic E-state index is 0.304. The number of fused-ring (bicyclic) bond motifs is 3. The number of rotatable bonds is 6. The van der Waals surface area contributed by atoms with Gasteiger partial charge in [0.1, 0.15) is 12.4 Å². The average molecular weight is 491 g/mol. The highest BCUT2D eigenvalue weighted by Crippen LogP contribution is 2.49. The normalized spacial score (nSPS) is 20.1.